The van der Waals surface area contributed by atoms with E-state index in [1.807, 2.05) is 17.9 Å². The van der Waals surface area contributed by atoms with Crippen molar-refractivity contribution in [3.05, 3.63) is 35.1 Å². The summed E-state index contributed by atoms with van der Waals surface area (Å²) in [5.74, 6) is -4.46. The van der Waals surface area contributed by atoms with Crippen molar-refractivity contribution in [2.24, 2.45) is 5.41 Å². The van der Waals surface area contributed by atoms with Crippen LogP contribution < -0.4 is 5.32 Å². The minimum absolute atomic E-state index is 0.269. The van der Waals surface area contributed by atoms with Gasteiger partial charge in [-0.25, -0.2) is 13.2 Å². The first-order valence-electron chi connectivity index (χ1n) is 7.82. The normalized spacial score (nSPS) is 21.5. The topological polar surface area (TPSA) is 56.1 Å². The number of carbonyl (C=O) groups is 1. The summed E-state index contributed by atoms with van der Waals surface area (Å²) < 4.78 is 40.4. The number of likely N-dealkylation sites (tertiary alicyclic amines) is 1. The van der Waals surface area contributed by atoms with E-state index in [0.717, 1.165) is 12.1 Å². The lowest BCUT2D eigenvalue weighted by Crippen LogP contribution is -2.45. The number of nitrogens with one attached hydrogen (secondary N) is 1. The van der Waals surface area contributed by atoms with Crippen LogP contribution in [0.3, 0.4) is 0 Å². The van der Waals surface area contributed by atoms with Gasteiger partial charge in [-0.05, 0) is 44.5 Å². The Bertz CT molecular complexity index is 661. The van der Waals surface area contributed by atoms with Gasteiger partial charge >= 0.3 is 0 Å². The average Bonchev–Trinajstić information content (AvgIpc) is 2.94. The van der Waals surface area contributed by atoms with E-state index in [2.05, 4.69) is 5.32 Å². The third-order valence-corrected chi connectivity index (χ3v) is 4.42. The molecule has 24 heavy (non-hydrogen) atoms. The zero-order valence-electron chi connectivity index (χ0n) is 13.9. The third-order valence-electron chi connectivity index (χ3n) is 4.42. The summed E-state index contributed by atoms with van der Waals surface area (Å²) in [5, 5.41) is 11.9. The summed E-state index contributed by atoms with van der Waals surface area (Å²) >= 11 is 0. The summed E-state index contributed by atoms with van der Waals surface area (Å²) in [6.07, 6.45) is 0.576. The molecule has 2 rings (SSSR count). The van der Waals surface area contributed by atoms with E-state index in [9.17, 15) is 18.0 Å². The highest BCUT2D eigenvalue weighted by atomic mass is 19.2. The number of carbonyl (C=O) groups excluding carboxylic acids is 1. The molecule has 1 saturated heterocycles. The maximum atomic E-state index is 13.6. The molecule has 2 atom stereocenters. The fraction of sp³-hybridized carbons (Fsp3) is 0.529. The highest BCUT2D eigenvalue weighted by molar-refractivity contribution is 5.84. The van der Waals surface area contributed by atoms with E-state index in [0.29, 0.717) is 19.5 Å². The van der Waals surface area contributed by atoms with Gasteiger partial charge in [0.05, 0.1) is 12.1 Å². The Balaban J connectivity index is 2.33. The van der Waals surface area contributed by atoms with Gasteiger partial charge in [-0.1, -0.05) is 6.92 Å². The minimum Gasteiger partial charge on any atom is -0.350 e. The van der Waals surface area contributed by atoms with Gasteiger partial charge in [0, 0.05) is 12.6 Å². The number of likely N-dealkylation sites (N-methyl/N-ethyl adjacent to an activating group) is 1. The predicted octanol–water partition coefficient (Wildman–Crippen LogP) is 2.91. The van der Waals surface area contributed by atoms with Crippen LogP contribution in [0.1, 0.15) is 38.8 Å². The third kappa shape index (κ3) is 3.39. The highest BCUT2D eigenvalue weighted by Crippen LogP contribution is 2.34. The van der Waals surface area contributed by atoms with Gasteiger partial charge in [-0.15, -0.1) is 0 Å². The second-order valence-electron chi connectivity index (χ2n) is 6.48. The second kappa shape index (κ2) is 6.81. The Hall–Kier alpha value is -2.07. The molecule has 0 radical (unpaired) electrons. The minimum atomic E-state index is -1.51. The number of halogens is 3. The van der Waals surface area contributed by atoms with Gasteiger partial charge in [-0.3, -0.25) is 9.69 Å². The van der Waals surface area contributed by atoms with Crippen molar-refractivity contribution in [3.8, 4) is 6.07 Å². The van der Waals surface area contributed by atoms with Gasteiger partial charge in [0.2, 0.25) is 5.91 Å². The van der Waals surface area contributed by atoms with Crippen LogP contribution in [-0.2, 0) is 4.79 Å². The van der Waals surface area contributed by atoms with Gasteiger partial charge in [0.1, 0.15) is 5.41 Å². The van der Waals surface area contributed by atoms with Crippen LogP contribution >= 0.6 is 0 Å². The fourth-order valence-electron chi connectivity index (χ4n) is 2.95. The molecule has 0 saturated carbocycles. The molecular weight excluding hydrogens is 319 g/mol. The summed E-state index contributed by atoms with van der Waals surface area (Å²) in [6, 6.07) is 2.97. The van der Waals surface area contributed by atoms with Crippen LogP contribution in [-0.4, -0.2) is 29.9 Å². The molecule has 1 aromatic carbocycles. The molecule has 1 amide bonds. The van der Waals surface area contributed by atoms with Crippen molar-refractivity contribution in [2.75, 3.05) is 13.1 Å². The monoisotopic (exact) mass is 339 g/mol. The van der Waals surface area contributed by atoms with Crippen molar-refractivity contribution < 1.29 is 18.0 Å². The zero-order valence-corrected chi connectivity index (χ0v) is 13.9. The largest absolute Gasteiger partial charge is 0.350 e. The number of rotatable bonds is 4. The second-order valence-corrected chi connectivity index (χ2v) is 6.48. The summed E-state index contributed by atoms with van der Waals surface area (Å²) in [7, 11) is 0. The van der Waals surface area contributed by atoms with Crippen molar-refractivity contribution >= 4 is 5.91 Å². The van der Waals surface area contributed by atoms with Crippen molar-refractivity contribution in [2.45, 2.75) is 39.3 Å². The van der Waals surface area contributed by atoms with Gasteiger partial charge < -0.3 is 5.32 Å². The standard InChI is InChI=1S/C17H20F3N3O/c1-4-23-6-5-13(22-16(24)17(2,3)9-21)15(23)10-7-11(18)14(20)12(19)8-10/h7-8,13,15H,4-6H2,1-3H3,(H,22,24). The molecule has 1 fully saturated rings. The number of amides is 1. The van der Waals surface area contributed by atoms with Crippen molar-refractivity contribution in [1.29, 1.82) is 5.26 Å². The molecule has 7 heteroatoms. The lowest BCUT2D eigenvalue weighted by molar-refractivity contribution is -0.127. The molecule has 1 aliphatic rings. The Morgan fingerprint density at radius 2 is 1.96 bits per heavy atom. The van der Waals surface area contributed by atoms with Crippen LogP contribution in [0, 0.1) is 34.2 Å². The predicted molar refractivity (Wildman–Crippen MR) is 82.2 cm³/mol. The van der Waals surface area contributed by atoms with Crippen LogP contribution in [0.15, 0.2) is 12.1 Å². The van der Waals surface area contributed by atoms with Crippen LogP contribution in [0.2, 0.25) is 0 Å². The maximum Gasteiger partial charge on any atom is 0.240 e. The first kappa shape index (κ1) is 18.3. The Morgan fingerprint density at radius 1 is 1.38 bits per heavy atom. The van der Waals surface area contributed by atoms with E-state index < -0.39 is 40.9 Å². The van der Waals surface area contributed by atoms with Crippen molar-refractivity contribution in [3.63, 3.8) is 0 Å². The lowest BCUT2D eigenvalue weighted by Gasteiger charge is -2.29. The quantitative estimate of drug-likeness (QED) is 0.858. The number of hydrogen-bond acceptors (Lipinski definition) is 3. The van der Waals surface area contributed by atoms with Crippen LogP contribution in [0.25, 0.3) is 0 Å². The molecule has 0 aromatic heterocycles. The molecule has 1 heterocycles. The number of hydrogen-bond donors (Lipinski definition) is 1. The summed E-state index contributed by atoms with van der Waals surface area (Å²) in [5.41, 5.74) is -0.936. The average molecular weight is 339 g/mol. The Morgan fingerprint density at radius 3 is 2.46 bits per heavy atom. The molecular formula is C17H20F3N3O. The Kier molecular flexibility index (Phi) is 5.19. The van der Waals surface area contributed by atoms with E-state index >= 15 is 0 Å². The smallest absolute Gasteiger partial charge is 0.240 e. The number of benzene rings is 1. The summed E-state index contributed by atoms with van der Waals surface area (Å²) in [4.78, 5) is 14.2. The van der Waals surface area contributed by atoms with Crippen LogP contribution in [0.4, 0.5) is 13.2 Å². The van der Waals surface area contributed by atoms with E-state index in [1.165, 1.54) is 13.8 Å². The molecule has 2 unspecified atom stereocenters. The van der Waals surface area contributed by atoms with E-state index in [1.54, 1.807) is 0 Å². The fourth-order valence-corrected chi connectivity index (χ4v) is 2.95. The van der Waals surface area contributed by atoms with E-state index in [4.69, 9.17) is 5.26 Å². The molecule has 0 bridgehead atoms. The maximum absolute atomic E-state index is 13.6. The lowest BCUT2D eigenvalue weighted by atomic mass is 9.92. The molecule has 130 valence electrons. The highest BCUT2D eigenvalue weighted by Gasteiger charge is 2.39. The number of nitrogens with zero attached hydrogens (tertiary/aromatic N) is 2. The molecule has 0 aliphatic carbocycles. The molecule has 1 aliphatic heterocycles. The SMILES string of the molecule is CCN1CCC(NC(=O)C(C)(C)C#N)C1c1cc(F)c(F)c(F)c1. The Labute approximate surface area is 139 Å². The molecule has 1 aromatic rings. The molecule has 4 nitrogen and oxygen atoms in total. The zero-order chi connectivity index (χ0) is 18.1. The van der Waals surface area contributed by atoms with Gasteiger partial charge in [0.25, 0.3) is 0 Å². The van der Waals surface area contributed by atoms with Gasteiger partial charge in [0.15, 0.2) is 17.5 Å². The van der Waals surface area contributed by atoms with Gasteiger partial charge in [-0.2, -0.15) is 5.26 Å². The molecule has 1 N–H and O–H groups in total. The number of nitriles is 1. The first-order chi connectivity index (χ1) is 11.2. The van der Waals surface area contributed by atoms with Crippen molar-refractivity contribution in [1.82, 2.24) is 10.2 Å². The first-order valence-corrected chi connectivity index (χ1v) is 7.82. The van der Waals surface area contributed by atoms with E-state index in [-0.39, 0.29) is 5.56 Å². The summed E-state index contributed by atoms with van der Waals surface area (Å²) in [6.45, 7) is 6.13. The van der Waals surface area contributed by atoms with Crippen LogP contribution in [0.5, 0.6) is 0 Å². The molecule has 0 spiro atoms.